The zero-order chi connectivity index (χ0) is 11.9. The minimum Gasteiger partial charge on any atom is -0.321 e. The lowest BCUT2D eigenvalue weighted by Crippen LogP contribution is -2.33. The SMILES string of the molecule is CC1CCC(N)(c2cccc3ccccc23)C1. The predicted molar refractivity (Wildman–Crippen MR) is 72.8 cm³/mol. The van der Waals surface area contributed by atoms with Gasteiger partial charge in [0.25, 0.3) is 0 Å². The van der Waals surface area contributed by atoms with E-state index in [4.69, 9.17) is 5.73 Å². The first-order chi connectivity index (χ1) is 8.19. The van der Waals surface area contributed by atoms with Crippen molar-refractivity contribution in [1.82, 2.24) is 0 Å². The molecular weight excluding hydrogens is 206 g/mol. The van der Waals surface area contributed by atoms with Crippen LogP contribution >= 0.6 is 0 Å². The smallest absolute Gasteiger partial charge is 0.0418 e. The van der Waals surface area contributed by atoms with Crippen LogP contribution in [0.25, 0.3) is 10.8 Å². The van der Waals surface area contributed by atoms with Crippen molar-refractivity contribution in [2.75, 3.05) is 0 Å². The Hall–Kier alpha value is -1.34. The number of nitrogens with two attached hydrogens (primary N) is 1. The first kappa shape index (κ1) is 10.8. The van der Waals surface area contributed by atoms with E-state index in [1.165, 1.54) is 22.8 Å². The van der Waals surface area contributed by atoms with Crippen LogP contribution in [0, 0.1) is 5.92 Å². The summed E-state index contributed by atoms with van der Waals surface area (Å²) in [5, 5.41) is 2.63. The number of rotatable bonds is 1. The number of hydrogen-bond donors (Lipinski definition) is 1. The maximum atomic E-state index is 6.64. The second kappa shape index (κ2) is 3.85. The average molecular weight is 225 g/mol. The first-order valence-corrected chi connectivity index (χ1v) is 6.46. The van der Waals surface area contributed by atoms with E-state index in [0.29, 0.717) is 0 Å². The maximum Gasteiger partial charge on any atom is 0.0418 e. The fourth-order valence-electron chi connectivity index (χ4n) is 3.23. The average Bonchev–Trinajstić information content (AvgIpc) is 2.70. The molecular formula is C16H19N. The van der Waals surface area contributed by atoms with E-state index in [2.05, 4.69) is 49.4 Å². The third kappa shape index (κ3) is 1.75. The summed E-state index contributed by atoms with van der Waals surface area (Å²) in [4.78, 5) is 0. The van der Waals surface area contributed by atoms with Gasteiger partial charge in [-0.1, -0.05) is 49.4 Å². The van der Waals surface area contributed by atoms with Crippen molar-refractivity contribution in [3.63, 3.8) is 0 Å². The van der Waals surface area contributed by atoms with Crippen molar-refractivity contribution in [1.29, 1.82) is 0 Å². The molecule has 0 spiro atoms. The van der Waals surface area contributed by atoms with E-state index in [1.54, 1.807) is 0 Å². The number of fused-ring (bicyclic) bond motifs is 1. The maximum absolute atomic E-state index is 6.64. The van der Waals surface area contributed by atoms with Gasteiger partial charge in [-0.15, -0.1) is 0 Å². The predicted octanol–water partition coefficient (Wildman–Crippen LogP) is 3.81. The van der Waals surface area contributed by atoms with Crippen molar-refractivity contribution >= 4 is 10.8 Å². The van der Waals surface area contributed by atoms with Crippen molar-refractivity contribution in [2.24, 2.45) is 11.7 Å². The summed E-state index contributed by atoms with van der Waals surface area (Å²) < 4.78 is 0. The summed E-state index contributed by atoms with van der Waals surface area (Å²) in [7, 11) is 0. The molecule has 3 rings (SSSR count). The molecule has 0 aliphatic heterocycles. The van der Waals surface area contributed by atoms with Crippen LogP contribution in [-0.2, 0) is 5.54 Å². The van der Waals surface area contributed by atoms with Gasteiger partial charge < -0.3 is 5.73 Å². The standard InChI is InChI=1S/C16H19N/c1-12-9-10-16(17,11-12)15-8-4-6-13-5-2-3-7-14(13)15/h2-8,12H,9-11,17H2,1H3. The van der Waals surface area contributed by atoms with E-state index in [1.807, 2.05) is 0 Å². The van der Waals surface area contributed by atoms with Gasteiger partial charge in [0, 0.05) is 5.54 Å². The summed E-state index contributed by atoms with van der Waals surface area (Å²) in [6.07, 6.45) is 3.48. The Balaban J connectivity index is 2.17. The molecule has 0 radical (unpaired) electrons. The van der Waals surface area contributed by atoms with Crippen LogP contribution in [0.2, 0.25) is 0 Å². The lowest BCUT2D eigenvalue weighted by Gasteiger charge is -2.26. The van der Waals surface area contributed by atoms with Crippen LogP contribution in [-0.4, -0.2) is 0 Å². The van der Waals surface area contributed by atoms with Crippen LogP contribution in [0.1, 0.15) is 31.7 Å². The van der Waals surface area contributed by atoms with Gasteiger partial charge in [-0.05, 0) is 41.5 Å². The number of benzene rings is 2. The van der Waals surface area contributed by atoms with E-state index < -0.39 is 0 Å². The zero-order valence-electron chi connectivity index (χ0n) is 10.3. The molecule has 0 amide bonds. The normalized spacial score (nSPS) is 28.7. The minimum atomic E-state index is -0.111. The monoisotopic (exact) mass is 225 g/mol. The Morgan fingerprint density at radius 3 is 2.65 bits per heavy atom. The van der Waals surface area contributed by atoms with Gasteiger partial charge in [-0.25, -0.2) is 0 Å². The molecule has 0 heterocycles. The van der Waals surface area contributed by atoms with Gasteiger partial charge in [0.05, 0.1) is 0 Å². The fraction of sp³-hybridized carbons (Fsp3) is 0.375. The Morgan fingerprint density at radius 2 is 1.88 bits per heavy atom. The highest BCUT2D eigenvalue weighted by Crippen LogP contribution is 2.42. The molecule has 0 bridgehead atoms. The molecule has 2 atom stereocenters. The highest BCUT2D eigenvalue weighted by atomic mass is 14.8. The third-order valence-electron chi connectivity index (χ3n) is 4.12. The highest BCUT2D eigenvalue weighted by Gasteiger charge is 2.35. The molecule has 1 aliphatic rings. The van der Waals surface area contributed by atoms with Crippen molar-refractivity contribution in [3.8, 4) is 0 Å². The molecule has 2 N–H and O–H groups in total. The Labute approximate surface area is 103 Å². The molecule has 88 valence electrons. The topological polar surface area (TPSA) is 26.0 Å². The summed E-state index contributed by atoms with van der Waals surface area (Å²) in [5.41, 5.74) is 7.86. The van der Waals surface area contributed by atoms with Gasteiger partial charge in [0.1, 0.15) is 0 Å². The molecule has 0 aromatic heterocycles. The van der Waals surface area contributed by atoms with Gasteiger partial charge >= 0.3 is 0 Å². The Kier molecular flexibility index (Phi) is 2.44. The molecule has 17 heavy (non-hydrogen) atoms. The van der Waals surface area contributed by atoms with Gasteiger partial charge in [-0.3, -0.25) is 0 Å². The zero-order valence-corrected chi connectivity index (χ0v) is 10.3. The lowest BCUT2D eigenvalue weighted by atomic mass is 9.85. The molecule has 2 aromatic carbocycles. The Bertz CT molecular complexity index is 541. The summed E-state index contributed by atoms with van der Waals surface area (Å²) in [5.74, 6) is 0.749. The van der Waals surface area contributed by atoms with E-state index in [0.717, 1.165) is 18.8 Å². The summed E-state index contributed by atoms with van der Waals surface area (Å²) in [6.45, 7) is 2.31. The Morgan fingerprint density at radius 1 is 1.12 bits per heavy atom. The van der Waals surface area contributed by atoms with E-state index >= 15 is 0 Å². The fourth-order valence-corrected chi connectivity index (χ4v) is 3.23. The molecule has 1 nitrogen and oxygen atoms in total. The summed E-state index contributed by atoms with van der Waals surface area (Å²) >= 11 is 0. The van der Waals surface area contributed by atoms with Crippen molar-refractivity contribution in [2.45, 2.75) is 31.7 Å². The highest BCUT2D eigenvalue weighted by molar-refractivity contribution is 5.86. The van der Waals surface area contributed by atoms with Crippen LogP contribution in [0.4, 0.5) is 0 Å². The second-order valence-corrected chi connectivity index (χ2v) is 5.53. The van der Waals surface area contributed by atoms with Crippen molar-refractivity contribution in [3.05, 3.63) is 48.0 Å². The van der Waals surface area contributed by atoms with Crippen LogP contribution < -0.4 is 5.73 Å². The summed E-state index contributed by atoms with van der Waals surface area (Å²) in [6, 6.07) is 15.1. The molecule has 0 saturated heterocycles. The second-order valence-electron chi connectivity index (χ2n) is 5.53. The molecule has 1 fully saturated rings. The molecule has 1 heteroatoms. The first-order valence-electron chi connectivity index (χ1n) is 6.46. The number of hydrogen-bond acceptors (Lipinski definition) is 1. The molecule has 2 unspecified atom stereocenters. The molecule has 1 saturated carbocycles. The van der Waals surface area contributed by atoms with Gasteiger partial charge in [-0.2, -0.15) is 0 Å². The minimum absolute atomic E-state index is 0.111. The van der Waals surface area contributed by atoms with Crippen LogP contribution in [0.3, 0.4) is 0 Å². The van der Waals surface area contributed by atoms with Gasteiger partial charge in [0.2, 0.25) is 0 Å². The lowest BCUT2D eigenvalue weighted by molar-refractivity contribution is 0.444. The van der Waals surface area contributed by atoms with Crippen LogP contribution in [0.5, 0.6) is 0 Å². The van der Waals surface area contributed by atoms with Crippen LogP contribution in [0.15, 0.2) is 42.5 Å². The third-order valence-corrected chi connectivity index (χ3v) is 4.12. The van der Waals surface area contributed by atoms with E-state index in [9.17, 15) is 0 Å². The molecule has 2 aromatic rings. The molecule has 1 aliphatic carbocycles. The van der Waals surface area contributed by atoms with E-state index in [-0.39, 0.29) is 5.54 Å². The van der Waals surface area contributed by atoms with Crippen molar-refractivity contribution < 1.29 is 0 Å². The quantitative estimate of drug-likeness (QED) is 0.784. The van der Waals surface area contributed by atoms with Gasteiger partial charge in [0.15, 0.2) is 0 Å². The largest absolute Gasteiger partial charge is 0.321 e.